The van der Waals surface area contributed by atoms with Crippen LogP contribution >= 0.6 is 12.4 Å². The summed E-state index contributed by atoms with van der Waals surface area (Å²) >= 11 is 0. The van der Waals surface area contributed by atoms with Gasteiger partial charge in [-0.2, -0.15) is 0 Å². The molecule has 0 spiro atoms. The van der Waals surface area contributed by atoms with Crippen LogP contribution < -0.4 is 10.6 Å². The number of halogens is 1. The quantitative estimate of drug-likeness (QED) is 0.778. The minimum atomic E-state index is -0.218. The number of hydrogen-bond acceptors (Lipinski definition) is 4. The van der Waals surface area contributed by atoms with Gasteiger partial charge in [0.2, 0.25) is 5.91 Å². The van der Waals surface area contributed by atoms with Crippen molar-refractivity contribution in [1.29, 1.82) is 0 Å². The van der Waals surface area contributed by atoms with Crippen molar-refractivity contribution in [3.63, 3.8) is 0 Å². The molecule has 6 heteroatoms. The third-order valence-electron chi connectivity index (χ3n) is 4.74. The largest absolute Gasteiger partial charge is 0.385 e. The minimum Gasteiger partial charge on any atom is -0.385 e. The fourth-order valence-corrected chi connectivity index (χ4v) is 3.37. The molecule has 2 aliphatic rings. The lowest BCUT2D eigenvalue weighted by molar-refractivity contribution is -0.129. The zero-order chi connectivity index (χ0) is 14.4. The lowest BCUT2D eigenvalue weighted by Crippen LogP contribution is -2.56. The van der Waals surface area contributed by atoms with Crippen LogP contribution in [-0.2, 0) is 14.3 Å². The standard InChI is InChI=1S/C15H28N2O3.ClH/c1-12-13(16-8-10-20-12)14(18)17-11-15(7-9-19-2)5-3-4-6-15;/h12-13,16H,3-11H2,1-2H3,(H,17,18);1H/t12-,13+;/m1./s1. The van der Waals surface area contributed by atoms with Crippen molar-refractivity contribution in [2.45, 2.75) is 51.2 Å². The first-order valence-electron chi connectivity index (χ1n) is 7.78. The molecular formula is C15H29ClN2O3. The summed E-state index contributed by atoms with van der Waals surface area (Å²) in [6.45, 7) is 4.92. The summed E-state index contributed by atoms with van der Waals surface area (Å²) in [5, 5.41) is 6.38. The van der Waals surface area contributed by atoms with Gasteiger partial charge in [-0.15, -0.1) is 12.4 Å². The molecule has 21 heavy (non-hydrogen) atoms. The molecule has 2 rings (SSSR count). The number of carbonyl (C=O) groups is 1. The number of morpholine rings is 1. The SMILES string of the molecule is COCCC1(CNC(=O)[C@H]2NCCO[C@@H]2C)CCCC1.Cl. The van der Waals surface area contributed by atoms with Crippen LogP contribution in [0.5, 0.6) is 0 Å². The summed E-state index contributed by atoms with van der Waals surface area (Å²) in [6.07, 6.45) is 5.90. The average molecular weight is 321 g/mol. The van der Waals surface area contributed by atoms with E-state index in [2.05, 4.69) is 10.6 Å². The molecular weight excluding hydrogens is 292 g/mol. The zero-order valence-electron chi connectivity index (χ0n) is 13.2. The fourth-order valence-electron chi connectivity index (χ4n) is 3.37. The Morgan fingerprint density at radius 3 is 2.76 bits per heavy atom. The van der Waals surface area contributed by atoms with E-state index >= 15 is 0 Å². The van der Waals surface area contributed by atoms with Gasteiger partial charge >= 0.3 is 0 Å². The molecule has 1 saturated heterocycles. The van der Waals surface area contributed by atoms with Gasteiger partial charge in [-0.25, -0.2) is 0 Å². The van der Waals surface area contributed by atoms with Gasteiger partial charge in [0.25, 0.3) is 0 Å². The normalized spacial score (nSPS) is 27.9. The number of methoxy groups -OCH3 is 1. The molecule has 1 aliphatic heterocycles. The van der Waals surface area contributed by atoms with Crippen LogP contribution in [0.25, 0.3) is 0 Å². The first kappa shape index (κ1) is 18.7. The maximum Gasteiger partial charge on any atom is 0.239 e. The van der Waals surface area contributed by atoms with Crippen molar-refractivity contribution < 1.29 is 14.3 Å². The Kier molecular flexibility index (Phi) is 7.95. The third-order valence-corrected chi connectivity index (χ3v) is 4.74. The number of nitrogens with one attached hydrogen (secondary N) is 2. The van der Waals surface area contributed by atoms with Crippen molar-refractivity contribution >= 4 is 18.3 Å². The first-order chi connectivity index (χ1) is 9.67. The van der Waals surface area contributed by atoms with Gasteiger partial charge in [0, 0.05) is 26.8 Å². The van der Waals surface area contributed by atoms with Crippen molar-refractivity contribution in [3.05, 3.63) is 0 Å². The van der Waals surface area contributed by atoms with E-state index in [1.165, 1.54) is 25.7 Å². The molecule has 0 bridgehead atoms. The molecule has 0 aromatic rings. The van der Waals surface area contributed by atoms with Crippen molar-refractivity contribution in [2.24, 2.45) is 5.41 Å². The van der Waals surface area contributed by atoms with Gasteiger partial charge in [0.15, 0.2) is 0 Å². The topological polar surface area (TPSA) is 59.6 Å². The van der Waals surface area contributed by atoms with Gasteiger partial charge < -0.3 is 20.1 Å². The van der Waals surface area contributed by atoms with Gasteiger partial charge in [-0.3, -0.25) is 4.79 Å². The molecule has 1 heterocycles. The number of hydrogen-bond donors (Lipinski definition) is 2. The molecule has 0 unspecified atom stereocenters. The van der Waals surface area contributed by atoms with E-state index in [-0.39, 0.29) is 35.9 Å². The lowest BCUT2D eigenvalue weighted by atomic mass is 9.83. The molecule has 1 aliphatic carbocycles. The van der Waals surface area contributed by atoms with Crippen molar-refractivity contribution in [3.8, 4) is 0 Å². The van der Waals surface area contributed by atoms with E-state index in [4.69, 9.17) is 9.47 Å². The van der Waals surface area contributed by atoms with E-state index in [0.29, 0.717) is 6.61 Å². The van der Waals surface area contributed by atoms with Crippen LogP contribution in [0.15, 0.2) is 0 Å². The van der Waals surface area contributed by atoms with Gasteiger partial charge in [0.05, 0.1) is 12.7 Å². The third kappa shape index (κ3) is 5.09. The second kappa shape index (κ2) is 8.93. The molecule has 2 atom stereocenters. The van der Waals surface area contributed by atoms with Crippen molar-refractivity contribution in [1.82, 2.24) is 10.6 Å². The molecule has 2 fully saturated rings. The van der Waals surface area contributed by atoms with Crippen LogP contribution in [0.3, 0.4) is 0 Å². The van der Waals surface area contributed by atoms with Crippen LogP contribution in [0, 0.1) is 5.41 Å². The summed E-state index contributed by atoms with van der Waals surface area (Å²) in [6, 6.07) is -0.218. The zero-order valence-corrected chi connectivity index (χ0v) is 14.0. The van der Waals surface area contributed by atoms with Crippen LogP contribution in [0.4, 0.5) is 0 Å². The fraction of sp³-hybridized carbons (Fsp3) is 0.933. The molecule has 0 aromatic carbocycles. The Labute approximate surface area is 133 Å². The Morgan fingerprint density at radius 1 is 1.43 bits per heavy atom. The molecule has 1 amide bonds. The molecule has 5 nitrogen and oxygen atoms in total. The smallest absolute Gasteiger partial charge is 0.239 e. The Hall–Kier alpha value is -0.360. The predicted molar refractivity (Wildman–Crippen MR) is 84.9 cm³/mol. The van der Waals surface area contributed by atoms with Crippen LogP contribution in [-0.4, -0.2) is 51.5 Å². The van der Waals surface area contributed by atoms with Gasteiger partial charge in [-0.05, 0) is 31.6 Å². The van der Waals surface area contributed by atoms with E-state index in [0.717, 1.165) is 26.1 Å². The number of carbonyl (C=O) groups excluding carboxylic acids is 1. The summed E-state index contributed by atoms with van der Waals surface area (Å²) in [5.41, 5.74) is 0.241. The first-order valence-corrected chi connectivity index (χ1v) is 7.78. The molecule has 124 valence electrons. The summed E-state index contributed by atoms with van der Waals surface area (Å²) in [7, 11) is 1.74. The molecule has 0 aromatic heterocycles. The van der Waals surface area contributed by atoms with E-state index < -0.39 is 0 Å². The molecule has 0 radical (unpaired) electrons. The minimum absolute atomic E-state index is 0. The van der Waals surface area contributed by atoms with E-state index in [9.17, 15) is 4.79 Å². The van der Waals surface area contributed by atoms with E-state index in [1.54, 1.807) is 7.11 Å². The number of ether oxygens (including phenoxy) is 2. The van der Waals surface area contributed by atoms with Crippen molar-refractivity contribution in [2.75, 3.05) is 33.4 Å². The predicted octanol–water partition coefficient (Wildman–Crippen LogP) is 1.50. The maximum absolute atomic E-state index is 12.3. The Balaban J connectivity index is 0.00000220. The van der Waals surface area contributed by atoms with Gasteiger partial charge in [-0.1, -0.05) is 12.8 Å². The average Bonchev–Trinajstić information content (AvgIpc) is 2.92. The lowest BCUT2D eigenvalue weighted by Gasteiger charge is -2.33. The summed E-state index contributed by atoms with van der Waals surface area (Å²) < 4.78 is 10.8. The summed E-state index contributed by atoms with van der Waals surface area (Å²) in [4.78, 5) is 12.3. The van der Waals surface area contributed by atoms with Crippen LogP contribution in [0.1, 0.15) is 39.0 Å². The monoisotopic (exact) mass is 320 g/mol. The van der Waals surface area contributed by atoms with Crippen LogP contribution in [0.2, 0.25) is 0 Å². The Morgan fingerprint density at radius 2 is 2.14 bits per heavy atom. The highest BCUT2D eigenvalue weighted by Gasteiger charge is 2.35. The number of rotatable bonds is 6. The summed E-state index contributed by atoms with van der Waals surface area (Å²) in [5.74, 6) is 0.0703. The highest BCUT2D eigenvalue weighted by Crippen LogP contribution is 2.40. The highest BCUT2D eigenvalue weighted by atomic mass is 35.5. The Bertz CT molecular complexity index is 322. The maximum atomic E-state index is 12.3. The van der Waals surface area contributed by atoms with E-state index in [1.807, 2.05) is 6.92 Å². The number of amides is 1. The second-order valence-electron chi connectivity index (χ2n) is 6.18. The van der Waals surface area contributed by atoms with Gasteiger partial charge in [0.1, 0.15) is 6.04 Å². The molecule has 2 N–H and O–H groups in total. The molecule has 1 saturated carbocycles. The second-order valence-corrected chi connectivity index (χ2v) is 6.18. The highest BCUT2D eigenvalue weighted by molar-refractivity contribution is 5.85.